The number of carboxylic acid groups (broad SMARTS) is 1. The maximum atomic E-state index is 12.7. The first kappa shape index (κ1) is 17.8. The summed E-state index contributed by atoms with van der Waals surface area (Å²) in [6, 6.07) is 5.24. The van der Waals surface area contributed by atoms with Gasteiger partial charge in [0.1, 0.15) is 11.9 Å². The van der Waals surface area contributed by atoms with Gasteiger partial charge in [-0.25, -0.2) is 9.18 Å². The summed E-state index contributed by atoms with van der Waals surface area (Å²) in [7, 11) is 0. The van der Waals surface area contributed by atoms with Crippen molar-refractivity contribution in [3.05, 3.63) is 35.6 Å². The Morgan fingerprint density at radius 1 is 1.33 bits per heavy atom. The molecule has 0 radical (unpaired) electrons. The summed E-state index contributed by atoms with van der Waals surface area (Å²) < 4.78 is 12.7. The molecule has 1 aromatic rings. The van der Waals surface area contributed by atoms with Crippen LogP contribution in [-0.4, -0.2) is 40.8 Å². The molecule has 0 spiro atoms. The van der Waals surface area contributed by atoms with Crippen molar-refractivity contribution in [1.29, 1.82) is 0 Å². The summed E-state index contributed by atoms with van der Waals surface area (Å²) >= 11 is 2.91. The molecule has 1 amide bonds. The average molecular weight is 331 g/mol. The van der Waals surface area contributed by atoms with Crippen molar-refractivity contribution in [3.8, 4) is 0 Å². The van der Waals surface area contributed by atoms with Gasteiger partial charge in [-0.05, 0) is 36.1 Å². The fourth-order valence-corrected chi connectivity index (χ4v) is 2.84. The Labute approximate surface area is 131 Å². The zero-order chi connectivity index (χ0) is 15.7. The first-order valence-electron chi connectivity index (χ1n) is 6.36. The van der Waals surface area contributed by atoms with E-state index in [-0.39, 0.29) is 17.5 Å². The van der Waals surface area contributed by atoms with Crippen LogP contribution < -0.4 is 5.32 Å². The predicted octanol–water partition coefficient (Wildman–Crippen LogP) is 2.38. The highest BCUT2D eigenvalue weighted by Gasteiger charge is 2.18. The summed E-state index contributed by atoms with van der Waals surface area (Å²) in [6.07, 6.45) is 2.30. The van der Waals surface area contributed by atoms with E-state index in [1.165, 1.54) is 23.9 Å². The average Bonchev–Trinajstić information content (AvgIpc) is 2.45. The molecule has 0 heterocycles. The lowest BCUT2D eigenvalue weighted by Gasteiger charge is -2.13. The minimum absolute atomic E-state index is 0.181. The van der Waals surface area contributed by atoms with Crippen LogP contribution in [0, 0.1) is 5.82 Å². The van der Waals surface area contributed by atoms with Crippen LogP contribution in [0.25, 0.3) is 0 Å². The van der Waals surface area contributed by atoms with Crippen LogP contribution in [-0.2, 0) is 15.3 Å². The van der Waals surface area contributed by atoms with Gasteiger partial charge in [-0.2, -0.15) is 11.8 Å². The molecular formula is C14H18FNO3S2. The van der Waals surface area contributed by atoms with Crippen LogP contribution >= 0.6 is 23.5 Å². The van der Waals surface area contributed by atoms with Crippen molar-refractivity contribution >= 4 is 35.4 Å². The second-order valence-electron chi connectivity index (χ2n) is 4.36. The van der Waals surface area contributed by atoms with Crippen molar-refractivity contribution in [2.75, 3.05) is 17.8 Å². The lowest BCUT2D eigenvalue weighted by Crippen LogP contribution is -2.42. The summed E-state index contributed by atoms with van der Waals surface area (Å²) in [5.74, 6) is -0.160. The van der Waals surface area contributed by atoms with Gasteiger partial charge in [0, 0.05) is 5.75 Å². The zero-order valence-corrected chi connectivity index (χ0v) is 13.3. The first-order chi connectivity index (χ1) is 10.0. The molecule has 1 unspecified atom stereocenters. The quantitative estimate of drug-likeness (QED) is 0.727. The molecule has 1 atom stereocenters. The second-order valence-corrected chi connectivity index (χ2v) is 6.33. The molecule has 1 aromatic carbocycles. The molecule has 116 valence electrons. The molecule has 0 aromatic heterocycles. The van der Waals surface area contributed by atoms with Gasteiger partial charge >= 0.3 is 5.97 Å². The van der Waals surface area contributed by atoms with E-state index in [0.717, 1.165) is 5.56 Å². The van der Waals surface area contributed by atoms with Crippen LogP contribution in [0.2, 0.25) is 0 Å². The van der Waals surface area contributed by atoms with Gasteiger partial charge in [-0.15, -0.1) is 11.8 Å². The monoisotopic (exact) mass is 331 g/mol. The molecule has 0 aliphatic carbocycles. The Morgan fingerprint density at radius 2 is 2.00 bits per heavy atom. The van der Waals surface area contributed by atoms with Crippen molar-refractivity contribution < 1.29 is 19.1 Å². The lowest BCUT2D eigenvalue weighted by atomic mass is 10.2. The number of halogens is 1. The highest BCUT2D eigenvalue weighted by molar-refractivity contribution is 7.99. The topological polar surface area (TPSA) is 66.4 Å². The van der Waals surface area contributed by atoms with Crippen LogP contribution in [0.15, 0.2) is 24.3 Å². The van der Waals surface area contributed by atoms with Gasteiger partial charge in [0.15, 0.2) is 0 Å². The number of carboxylic acids is 1. The van der Waals surface area contributed by atoms with Crippen LogP contribution in [0.4, 0.5) is 4.39 Å². The number of aliphatic carboxylic acids is 1. The summed E-state index contributed by atoms with van der Waals surface area (Å²) in [5.41, 5.74) is 0.923. The molecule has 7 heteroatoms. The number of carbonyl (C=O) groups excluding carboxylic acids is 1. The predicted molar refractivity (Wildman–Crippen MR) is 85.1 cm³/mol. The number of thioether (sulfide) groups is 2. The summed E-state index contributed by atoms with van der Waals surface area (Å²) in [6.45, 7) is 0. The molecule has 0 aliphatic rings. The molecule has 4 nitrogen and oxygen atoms in total. The van der Waals surface area contributed by atoms with Crippen LogP contribution in [0.3, 0.4) is 0 Å². The molecule has 0 aliphatic heterocycles. The van der Waals surface area contributed by atoms with Gasteiger partial charge in [-0.3, -0.25) is 4.79 Å². The normalized spacial score (nSPS) is 11.9. The third-order valence-electron chi connectivity index (χ3n) is 2.66. The van der Waals surface area contributed by atoms with Crippen molar-refractivity contribution in [1.82, 2.24) is 5.32 Å². The molecule has 0 bridgehead atoms. The molecule has 0 saturated heterocycles. The van der Waals surface area contributed by atoms with Gasteiger partial charge < -0.3 is 10.4 Å². The number of carbonyl (C=O) groups is 2. The maximum absolute atomic E-state index is 12.7. The largest absolute Gasteiger partial charge is 0.480 e. The van der Waals surface area contributed by atoms with Crippen LogP contribution in [0.5, 0.6) is 0 Å². The van der Waals surface area contributed by atoms with E-state index in [2.05, 4.69) is 5.32 Å². The number of hydrogen-bond acceptors (Lipinski definition) is 4. The number of benzene rings is 1. The van der Waals surface area contributed by atoms with E-state index in [0.29, 0.717) is 17.9 Å². The fraction of sp³-hybridized carbons (Fsp3) is 0.429. The van der Waals surface area contributed by atoms with E-state index in [4.69, 9.17) is 5.11 Å². The SMILES string of the molecule is CSCCC(NC(=O)CSCc1ccc(F)cc1)C(=O)O. The smallest absolute Gasteiger partial charge is 0.326 e. The number of nitrogens with one attached hydrogen (secondary N) is 1. The minimum atomic E-state index is -1.01. The summed E-state index contributed by atoms with van der Waals surface area (Å²) in [5, 5.41) is 11.5. The van der Waals surface area contributed by atoms with Crippen molar-refractivity contribution in [3.63, 3.8) is 0 Å². The van der Waals surface area contributed by atoms with E-state index >= 15 is 0 Å². The Hall–Kier alpha value is -1.21. The molecule has 21 heavy (non-hydrogen) atoms. The van der Waals surface area contributed by atoms with Crippen molar-refractivity contribution in [2.24, 2.45) is 0 Å². The van der Waals surface area contributed by atoms with E-state index < -0.39 is 12.0 Å². The Balaban J connectivity index is 2.32. The second kappa shape index (κ2) is 9.68. The Bertz CT molecular complexity index is 468. The van der Waals surface area contributed by atoms with E-state index in [1.54, 1.807) is 23.9 Å². The standard InChI is InChI=1S/C14H18FNO3S2/c1-20-7-6-12(14(18)19)16-13(17)9-21-8-10-2-4-11(15)5-3-10/h2-5,12H,6-9H2,1H3,(H,16,17)(H,18,19). The number of amides is 1. The highest BCUT2D eigenvalue weighted by atomic mass is 32.2. The van der Waals surface area contributed by atoms with Gasteiger partial charge in [0.2, 0.25) is 5.91 Å². The van der Waals surface area contributed by atoms with E-state index in [1.807, 2.05) is 6.26 Å². The zero-order valence-electron chi connectivity index (χ0n) is 11.7. The van der Waals surface area contributed by atoms with E-state index in [9.17, 15) is 14.0 Å². The van der Waals surface area contributed by atoms with Gasteiger partial charge in [0.05, 0.1) is 5.75 Å². The Kier molecular flexibility index (Phi) is 8.22. The van der Waals surface area contributed by atoms with Gasteiger partial charge in [0.25, 0.3) is 0 Å². The maximum Gasteiger partial charge on any atom is 0.326 e. The molecule has 1 rings (SSSR count). The van der Waals surface area contributed by atoms with Crippen molar-refractivity contribution in [2.45, 2.75) is 18.2 Å². The third kappa shape index (κ3) is 7.38. The number of rotatable bonds is 9. The molecular weight excluding hydrogens is 313 g/mol. The number of hydrogen-bond donors (Lipinski definition) is 2. The first-order valence-corrected chi connectivity index (χ1v) is 8.91. The highest BCUT2D eigenvalue weighted by Crippen LogP contribution is 2.12. The molecule has 2 N–H and O–H groups in total. The molecule has 0 saturated carbocycles. The third-order valence-corrected chi connectivity index (χ3v) is 4.31. The Morgan fingerprint density at radius 3 is 2.57 bits per heavy atom. The minimum Gasteiger partial charge on any atom is -0.480 e. The van der Waals surface area contributed by atoms with Crippen LogP contribution in [0.1, 0.15) is 12.0 Å². The van der Waals surface area contributed by atoms with Gasteiger partial charge in [-0.1, -0.05) is 12.1 Å². The fourth-order valence-electron chi connectivity index (χ4n) is 1.57. The molecule has 0 fully saturated rings. The lowest BCUT2D eigenvalue weighted by molar-refractivity contribution is -0.141. The summed E-state index contributed by atoms with van der Waals surface area (Å²) in [4.78, 5) is 22.7.